The summed E-state index contributed by atoms with van der Waals surface area (Å²) >= 11 is 3.46. The molecule has 1 aliphatic carbocycles. The van der Waals surface area contributed by atoms with E-state index in [0.29, 0.717) is 0 Å². The Morgan fingerprint density at radius 2 is 1.65 bits per heavy atom. The van der Waals surface area contributed by atoms with Gasteiger partial charge in [-0.15, -0.1) is 0 Å². The Kier molecular flexibility index (Phi) is 10.9. The Hall–Kier alpha value is -3.77. The topological polar surface area (TPSA) is 130 Å². The number of hydrogen-bond donors (Lipinski definition) is 1. The second-order valence-electron chi connectivity index (χ2n) is 10.7. The first-order chi connectivity index (χ1) is 20.5. The molecule has 0 spiro atoms. The Bertz CT molecular complexity index is 1550. The predicted molar refractivity (Wildman–Crippen MR) is 169 cm³/mol. The fourth-order valence-electron chi connectivity index (χ4n) is 5.31. The maximum absolute atomic E-state index is 14.2. The molecule has 1 saturated carbocycles. The van der Waals surface area contributed by atoms with E-state index in [1.165, 1.54) is 23.1 Å². The van der Waals surface area contributed by atoms with Crippen LogP contribution in [0.15, 0.2) is 83.3 Å². The largest absolute Gasteiger partial charge is 0.352 e. The molecule has 1 N–H and O–H groups in total. The second kappa shape index (κ2) is 14.6. The van der Waals surface area contributed by atoms with Crippen LogP contribution in [-0.2, 0) is 32.6 Å². The molecule has 0 heterocycles. The van der Waals surface area contributed by atoms with E-state index in [1.807, 2.05) is 54.6 Å². The first-order valence-corrected chi connectivity index (χ1v) is 16.8. The molecule has 0 unspecified atom stereocenters. The molecule has 1 aliphatic rings. The lowest BCUT2D eigenvalue weighted by atomic mass is 9.94. The van der Waals surface area contributed by atoms with Gasteiger partial charge in [-0.25, -0.2) is 8.42 Å². The van der Waals surface area contributed by atoms with Gasteiger partial charge in [-0.1, -0.05) is 83.7 Å². The van der Waals surface area contributed by atoms with E-state index in [2.05, 4.69) is 21.2 Å². The quantitative estimate of drug-likeness (QED) is 0.208. The zero-order chi connectivity index (χ0) is 31.0. The second-order valence-corrected chi connectivity index (χ2v) is 13.6. The number of non-ortho nitro benzene ring substituents is 1. The molecule has 0 aliphatic heterocycles. The molecular formula is C31H35BrN4O6S. The zero-order valence-corrected chi connectivity index (χ0v) is 26.3. The molecule has 2 amide bonds. The number of rotatable bonds is 12. The van der Waals surface area contributed by atoms with Gasteiger partial charge in [-0.05, 0) is 42.2 Å². The standard InChI is InChI=1S/C31H35BrN4O6S/c1-43(41,42)35(27-16-9-17-28(20-27)36(39)40)22-30(37)34(21-24-12-8-13-25(32)18-24)29(19-23-10-4-2-5-11-23)31(38)33-26-14-6-3-7-15-26/h2,4-5,8-13,16-18,20,26,29H,3,6-7,14-15,19,21-22H2,1H3,(H,33,38)/t29-/m0/s1. The molecular weight excluding hydrogens is 636 g/mol. The number of benzene rings is 3. The monoisotopic (exact) mass is 670 g/mol. The van der Waals surface area contributed by atoms with Gasteiger partial charge in [0.25, 0.3) is 5.69 Å². The molecule has 228 valence electrons. The summed E-state index contributed by atoms with van der Waals surface area (Å²) in [5.74, 6) is -0.919. The molecule has 12 heteroatoms. The lowest BCUT2D eigenvalue weighted by molar-refractivity contribution is -0.384. The van der Waals surface area contributed by atoms with Crippen molar-refractivity contribution in [3.63, 3.8) is 0 Å². The van der Waals surface area contributed by atoms with Crippen LogP contribution in [0.2, 0.25) is 0 Å². The number of amides is 2. The van der Waals surface area contributed by atoms with Gasteiger partial charge < -0.3 is 10.2 Å². The van der Waals surface area contributed by atoms with Crippen LogP contribution < -0.4 is 9.62 Å². The van der Waals surface area contributed by atoms with Gasteiger partial charge in [0, 0.05) is 35.6 Å². The highest BCUT2D eigenvalue weighted by Crippen LogP contribution is 2.25. The number of hydrogen-bond acceptors (Lipinski definition) is 6. The van der Waals surface area contributed by atoms with Crippen LogP contribution in [0.3, 0.4) is 0 Å². The minimum atomic E-state index is -4.04. The van der Waals surface area contributed by atoms with Crippen molar-refractivity contribution in [1.29, 1.82) is 0 Å². The highest BCUT2D eigenvalue weighted by Gasteiger charge is 2.34. The number of anilines is 1. The molecule has 10 nitrogen and oxygen atoms in total. The number of sulfonamides is 1. The van der Waals surface area contributed by atoms with Crippen molar-refractivity contribution >= 4 is 49.1 Å². The summed E-state index contributed by atoms with van der Waals surface area (Å²) < 4.78 is 27.5. The van der Waals surface area contributed by atoms with Crippen molar-refractivity contribution in [2.24, 2.45) is 0 Å². The molecule has 1 atom stereocenters. The third-order valence-electron chi connectivity index (χ3n) is 7.47. The molecule has 3 aromatic rings. The van der Waals surface area contributed by atoms with Crippen LogP contribution in [0.25, 0.3) is 0 Å². The van der Waals surface area contributed by atoms with Crippen LogP contribution in [0.1, 0.15) is 43.2 Å². The van der Waals surface area contributed by atoms with E-state index in [1.54, 1.807) is 0 Å². The lowest BCUT2D eigenvalue weighted by Crippen LogP contribution is -2.55. The SMILES string of the molecule is CS(=O)(=O)N(CC(=O)N(Cc1cccc(Br)c1)[C@@H](Cc1ccccc1)C(=O)NC1CCCCC1)c1cccc([N+](=O)[O-])c1. The van der Waals surface area contributed by atoms with Crippen molar-refractivity contribution in [2.45, 2.75) is 57.2 Å². The minimum Gasteiger partial charge on any atom is -0.352 e. The van der Waals surface area contributed by atoms with Gasteiger partial charge in [0.05, 0.1) is 16.9 Å². The number of carbonyl (C=O) groups is 2. The average molecular weight is 672 g/mol. The molecule has 0 saturated heterocycles. The van der Waals surface area contributed by atoms with Gasteiger partial charge >= 0.3 is 0 Å². The molecule has 0 bridgehead atoms. The summed E-state index contributed by atoms with van der Waals surface area (Å²) in [4.78, 5) is 40.4. The Morgan fingerprint density at radius 3 is 2.30 bits per heavy atom. The molecule has 43 heavy (non-hydrogen) atoms. The number of nitro benzene ring substituents is 1. The fraction of sp³-hybridized carbons (Fsp3) is 0.355. The van der Waals surface area contributed by atoms with E-state index in [0.717, 1.165) is 64.3 Å². The van der Waals surface area contributed by atoms with Crippen LogP contribution >= 0.6 is 15.9 Å². The minimum absolute atomic E-state index is 0.000249. The third-order valence-corrected chi connectivity index (χ3v) is 9.11. The number of halogens is 1. The zero-order valence-electron chi connectivity index (χ0n) is 23.9. The van der Waals surface area contributed by atoms with Crippen LogP contribution in [0.4, 0.5) is 11.4 Å². The van der Waals surface area contributed by atoms with Gasteiger partial charge in [0.2, 0.25) is 21.8 Å². The maximum Gasteiger partial charge on any atom is 0.271 e. The number of nitrogens with zero attached hydrogens (tertiary/aromatic N) is 3. The average Bonchev–Trinajstić information content (AvgIpc) is 2.98. The molecule has 0 aromatic heterocycles. The molecule has 4 rings (SSSR count). The van der Waals surface area contributed by atoms with Crippen molar-refractivity contribution < 1.29 is 22.9 Å². The summed E-state index contributed by atoms with van der Waals surface area (Å²) in [6, 6.07) is 20.9. The van der Waals surface area contributed by atoms with E-state index in [9.17, 15) is 28.1 Å². The van der Waals surface area contributed by atoms with Crippen molar-refractivity contribution in [2.75, 3.05) is 17.1 Å². The van der Waals surface area contributed by atoms with Crippen molar-refractivity contribution in [1.82, 2.24) is 10.2 Å². The summed E-state index contributed by atoms with van der Waals surface area (Å²) in [7, 11) is -4.04. The normalized spacial score (nSPS) is 14.5. The third kappa shape index (κ3) is 9.11. The Balaban J connectivity index is 1.73. The van der Waals surface area contributed by atoms with E-state index in [-0.39, 0.29) is 36.3 Å². The van der Waals surface area contributed by atoms with Crippen LogP contribution in [-0.4, -0.2) is 54.9 Å². The highest BCUT2D eigenvalue weighted by atomic mass is 79.9. The number of nitrogens with one attached hydrogen (secondary N) is 1. The van der Waals surface area contributed by atoms with Gasteiger partial charge in [0.15, 0.2) is 0 Å². The van der Waals surface area contributed by atoms with E-state index >= 15 is 0 Å². The van der Waals surface area contributed by atoms with Gasteiger partial charge in [-0.3, -0.25) is 24.0 Å². The van der Waals surface area contributed by atoms with Crippen molar-refractivity contribution in [3.05, 3.63) is 105 Å². The Morgan fingerprint density at radius 1 is 0.977 bits per heavy atom. The first kappa shape index (κ1) is 32.2. The van der Waals surface area contributed by atoms with E-state index in [4.69, 9.17) is 0 Å². The number of carbonyl (C=O) groups excluding carboxylic acids is 2. The summed E-state index contributed by atoms with van der Waals surface area (Å²) in [6.07, 6.45) is 6.02. The van der Waals surface area contributed by atoms with Gasteiger partial charge in [0.1, 0.15) is 12.6 Å². The predicted octanol–water partition coefficient (Wildman–Crippen LogP) is 5.21. The van der Waals surface area contributed by atoms with Crippen LogP contribution in [0, 0.1) is 10.1 Å². The smallest absolute Gasteiger partial charge is 0.271 e. The lowest BCUT2D eigenvalue weighted by Gasteiger charge is -2.35. The Labute approximate surface area is 260 Å². The van der Waals surface area contributed by atoms with Crippen LogP contribution in [0.5, 0.6) is 0 Å². The fourth-order valence-corrected chi connectivity index (χ4v) is 6.59. The maximum atomic E-state index is 14.2. The molecule has 3 aromatic carbocycles. The van der Waals surface area contributed by atoms with Crippen molar-refractivity contribution in [3.8, 4) is 0 Å². The summed E-state index contributed by atoms with van der Waals surface area (Å²) in [5.41, 5.74) is 1.27. The highest BCUT2D eigenvalue weighted by molar-refractivity contribution is 9.10. The summed E-state index contributed by atoms with van der Waals surface area (Å²) in [6.45, 7) is -0.601. The number of nitro groups is 1. The van der Waals surface area contributed by atoms with E-state index < -0.39 is 33.4 Å². The first-order valence-electron chi connectivity index (χ1n) is 14.1. The summed E-state index contributed by atoms with van der Waals surface area (Å²) in [5, 5.41) is 14.6. The molecule has 0 radical (unpaired) electrons. The van der Waals surface area contributed by atoms with Gasteiger partial charge in [-0.2, -0.15) is 0 Å². The molecule has 1 fully saturated rings.